The van der Waals surface area contributed by atoms with Gasteiger partial charge in [0.2, 0.25) is 0 Å². The van der Waals surface area contributed by atoms with Gasteiger partial charge >= 0.3 is 11.9 Å². The molecule has 0 atom stereocenters. The summed E-state index contributed by atoms with van der Waals surface area (Å²) < 4.78 is 31.4. The van der Waals surface area contributed by atoms with Crippen LogP contribution in [0.3, 0.4) is 0 Å². The van der Waals surface area contributed by atoms with E-state index in [2.05, 4.69) is 6.92 Å². The van der Waals surface area contributed by atoms with Gasteiger partial charge in [0.25, 0.3) is 5.91 Å². The van der Waals surface area contributed by atoms with Crippen LogP contribution in [-0.4, -0.2) is 31.0 Å². The highest BCUT2D eigenvalue weighted by atomic mass is 35.5. The zero-order chi connectivity index (χ0) is 17.7. The standard InChI is InChI=1S/C17H20ClF2NO3/c1-2-3-4-5-8-24-15(22)12-6-7-13(10-18)14(9-12)21-11-17(19,20)16(21)23/h6-7,9H,2-5,8,10-11H2,1H3. The van der Waals surface area contributed by atoms with Crippen LogP contribution < -0.4 is 4.90 Å². The van der Waals surface area contributed by atoms with E-state index in [0.717, 1.165) is 30.6 Å². The molecular formula is C17H20ClF2NO3. The molecule has 1 aliphatic heterocycles. The topological polar surface area (TPSA) is 46.6 Å². The summed E-state index contributed by atoms with van der Waals surface area (Å²) in [7, 11) is 0. The summed E-state index contributed by atoms with van der Waals surface area (Å²) in [5, 5.41) is 0. The minimum absolute atomic E-state index is 0.0526. The van der Waals surface area contributed by atoms with E-state index in [1.54, 1.807) is 6.07 Å². The Hall–Kier alpha value is -1.69. The number of amides is 1. The number of benzene rings is 1. The third-order valence-corrected chi connectivity index (χ3v) is 4.19. The highest BCUT2D eigenvalue weighted by Gasteiger charge is 2.55. The van der Waals surface area contributed by atoms with Gasteiger partial charge in [-0.3, -0.25) is 4.79 Å². The monoisotopic (exact) mass is 359 g/mol. The van der Waals surface area contributed by atoms with Crippen molar-refractivity contribution in [2.24, 2.45) is 0 Å². The first kappa shape index (κ1) is 18.6. The number of β-lactam (4-membered cyclic amide) rings is 1. The maximum absolute atomic E-state index is 13.1. The summed E-state index contributed by atoms with van der Waals surface area (Å²) in [6.45, 7) is 1.70. The minimum atomic E-state index is -3.35. The number of carbonyl (C=O) groups excluding carboxylic acids is 2. The van der Waals surface area contributed by atoms with Crippen LogP contribution >= 0.6 is 11.6 Å². The third kappa shape index (κ3) is 4.04. The van der Waals surface area contributed by atoms with Crippen LogP contribution in [0, 0.1) is 0 Å². The fraction of sp³-hybridized carbons (Fsp3) is 0.529. The minimum Gasteiger partial charge on any atom is -0.462 e. The number of alkyl halides is 3. The molecule has 24 heavy (non-hydrogen) atoms. The SMILES string of the molecule is CCCCCCOC(=O)c1ccc(CCl)c(N2CC(F)(F)C2=O)c1. The zero-order valence-corrected chi connectivity index (χ0v) is 14.2. The van der Waals surface area contributed by atoms with Gasteiger partial charge in [0, 0.05) is 11.6 Å². The molecule has 1 aliphatic rings. The van der Waals surface area contributed by atoms with Crippen LogP contribution in [0.2, 0.25) is 0 Å². The normalized spacial score (nSPS) is 16.0. The average molecular weight is 360 g/mol. The highest BCUT2D eigenvalue weighted by molar-refractivity contribution is 6.18. The van der Waals surface area contributed by atoms with Gasteiger partial charge in [0.15, 0.2) is 0 Å². The van der Waals surface area contributed by atoms with E-state index in [1.165, 1.54) is 12.1 Å². The van der Waals surface area contributed by atoms with E-state index >= 15 is 0 Å². The van der Waals surface area contributed by atoms with Crippen molar-refractivity contribution in [3.63, 3.8) is 0 Å². The molecule has 0 aliphatic carbocycles. The molecule has 1 aromatic rings. The summed E-state index contributed by atoms with van der Waals surface area (Å²) in [5.41, 5.74) is 0.971. The van der Waals surface area contributed by atoms with Gasteiger partial charge in [-0.1, -0.05) is 32.3 Å². The van der Waals surface area contributed by atoms with Crippen molar-refractivity contribution in [1.82, 2.24) is 0 Å². The molecule has 1 saturated heterocycles. The number of hydrogen-bond donors (Lipinski definition) is 0. The second kappa shape index (κ2) is 7.92. The molecule has 0 bridgehead atoms. The third-order valence-electron chi connectivity index (χ3n) is 3.90. The molecule has 0 unspecified atom stereocenters. The van der Waals surface area contributed by atoms with E-state index in [9.17, 15) is 18.4 Å². The van der Waals surface area contributed by atoms with Crippen LogP contribution in [0.1, 0.15) is 48.5 Å². The first-order valence-corrected chi connectivity index (χ1v) is 8.50. The Labute approximate surface area is 144 Å². The highest BCUT2D eigenvalue weighted by Crippen LogP contribution is 2.36. The van der Waals surface area contributed by atoms with E-state index in [1.807, 2.05) is 0 Å². The molecule has 0 N–H and O–H groups in total. The summed E-state index contributed by atoms with van der Waals surface area (Å²) in [5.74, 6) is -5.11. The summed E-state index contributed by atoms with van der Waals surface area (Å²) in [6, 6.07) is 4.47. The molecule has 132 valence electrons. The Bertz CT molecular complexity index is 622. The van der Waals surface area contributed by atoms with E-state index in [0.29, 0.717) is 12.2 Å². The number of esters is 1. The first-order valence-electron chi connectivity index (χ1n) is 7.96. The number of rotatable bonds is 8. The molecule has 1 fully saturated rings. The molecule has 1 heterocycles. The lowest BCUT2D eigenvalue weighted by molar-refractivity contribution is -0.152. The van der Waals surface area contributed by atoms with Crippen molar-refractivity contribution < 1.29 is 23.1 Å². The second-order valence-electron chi connectivity index (χ2n) is 5.77. The van der Waals surface area contributed by atoms with Gasteiger partial charge < -0.3 is 9.64 Å². The summed E-state index contributed by atoms with van der Waals surface area (Å²) >= 11 is 5.80. The Morgan fingerprint density at radius 3 is 2.67 bits per heavy atom. The van der Waals surface area contributed by atoms with Gasteiger partial charge in [0.05, 0.1) is 18.7 Å². The van der Waals surface area contributed by atoms with Crippen LogP contribution in [0.5, 0.6) is 0 Å². The van der Waals surface area contributed by atoms with Crippen molar-refractivity contribution in [3.8, 4) is 0 Å². The molecule has 0 saturated carbocycles. The number of ether oxygens (including phenoxy) is 1. The fourth-order valence-corrected chi connectivity index (χ4v) is 2.70. The van der Waals surface area contributed by atoms with Crippen molar-refractivity contribution in [2.45, 2.75) is 44.4 Å². The lowest BCUT2D eigenvalue weighted by Gasteiger charge is -2.38. The smallest absolute Gasteiger partial charge is 0.342 e. The second-order valence-corrected chi connectivity index (χ2v) is 6.04. The van der Waals surface area contributed by atoms with Crippen molar-refractivity contribution in [1.29, 1.82) is 0 Å². The number of carbonyl (C=O) groups is 2. The number of unbranched alkanes of at least 4 members (excludes halogenated alkanes) is 3. The maximum atomic E-state index is 13.1. The molecule has 2 rings (SSSR count). The average Bonchev–Trinajstić information content (AvgIpc) is 2.58. The Morgan fingerprint density at radius 2 is 2.08 bits per heavy atom. The molecule has 0 spiro atoms. The number of halogens is 3. The molecular weight excluding hydrogens is 340 g/mol. The van der Waals surface area contributed by atoms with E-state index < -0.39 is 24.3 Å². The van der Waals surface area contributed by atoms with Crippen molar-refractivity contribution in [2.75, 3.05) is 18.1 Å². The number of nitrogens with zero attached hydrogens (tertiary/aromatic N) is 1. The van der Waals surface area contributed by atoms with Gasteiger partial charge in [-0.15, -0.1) is 11.6 Å². The van der Waals surface area contributed by atoms with Crippen molar-refractivity contribution in [3.05, 3.63) is 29.3 Å². The predicted octanol–water partition coefficient (Wildman–Crippen LogP) is 4.14. The summed E-state index contributed by atoms with van der Waals surface area (Å²) in [4.78, 5) is 24.5. The maximum Gasteiger partial charge on any atom is 0.342 e. The Kier molecular flexibility index (Phi) is 6.15. The van der Waals surface area contributed by atoms with Gasteiger partial charge in [0.1, 0.15) is 0 Å². The Morgan fingerprint density at radius 1 is 1.33 bits per heavy atom. The van der Waals surface area contributed by atoms with Gasteiger partial charge in [-0.2, -0.15) is 8.78 Å². The molecule has 1 amide bonds. The molecule has 4 nitrogen and oxygen atoms in total. The van der Waals surface area contributed by atoms with Crippen molar-refractivity contribution >= 4 is 29.2 Å². The van der Waals surface area contributed by atoms with Crippen LogP contribution in [0.15, 0.2) is 18.2 Å². The molecule has 7 heteroatoms. The zero-order valence-electron chi connectivity index (χ0n) is 13.5. The summed E-state index contributed by atoms with van der Waals surface area (Å²) in [6.07, 6.45) is 3.93. The first-order chi connectivity index (χ1) is 11.4. The molecule has 1 aromatic carbocycles. The lowest BCUT2D eigenvalue weighted by Crippen LogP contribution is -2.62. The fourth-order valence-electron chi connectivity index (χ4n) is 2.47. The van der Waals surface area contributed by atoms with Gasteiger partial charge in [-0.25, -0.2) is 4.79 Å². The lowest BCUT2D eigenvalue weighted by atomic mass is 10.0. The number of anilines is 1. The van der Waals surface area contributed by atoms with Crippen LogP contribution in [-0.2, 0) is 15.4 Å². The molecule has 0 aromatic heterocycles. The molecule has 0 radical (unpaired) electrons. The Balaban J connectivity index is 2.06. The van der Waals surface area contributed by atoms with Gasteiger partial charge in [-0.05, 0) is 24.1 Å². The number of hydrogen-bond acceptors (Lipinski definition) is 3. The largest absolute Gasteiger partial charge is 0.462 e. The van der Waals surface area contributed by atoms with Crippen LogP contribution in [0.4, 0.5) is 14.5 Å². The van der Waals surface area contributed by atoms with E-state index in [4.69, 9.17) is 16.3 Å². The quantitative estimate of drug-likeness (QED) is 0.303. The van der Waals surface area contributed by atoms with E-state index in [-0.39, 0.29) is 17.1 Å². The predicted molar refractivity (Wildman–Crippen MR) is 87.7 cm³/mol. The van der Waals surface area contributed by atoms with Crippen LogP contribution in [0.25, 0.3) is 0 Å².